The van der Waals surface area contributed by atoms with Crippen LogP contribution in [0.5, 0.6) is 0 Å². The predicted octanol–water partition coefficient (Wildman–Crippen LogP) is 3.42. The summed E-state index contributed by atoms with van der Waals surface area (Å²) in [6, 6.07) is 16.3. The average molecular weight is 399 g/mol. The number of aromatic nitrogens is 3. The molecule has 0 radical (unpaired) electrons. The molecule has 6 nitrogen and oxygen atoms in total. The predicted molar refractivity (Wildman–Crippen MR) is 119 cm³/mol. The van der Waals surface area contributed by atoms with Crippen molar-refractivity contribution >= 4 is 16.8 Å². The maximum atomic E-state index is 13.0. The minimum atomic E-state index is 0.0947. The summed E-state index contributed by atoms with van der Waals surface area (Å²) in [7, 11) is 4.14. The number of imidazole rings is 1. The fraction of sp³-hybridized carbons (Fsp3) is 0.250. The van der Waals surface area contributed by atoms with Crippen LogP contribution in [0.4, 0.5) is 0 Å². The molecule has 1 amide bonds. The van der Waals surface area contributed by atoms with Crippen LogP contribution in [0.3, 0.4) is 0 Å². The van der Waals surface area contributed by atoms with Crippen LogP contribution in [0.15, 0.2) is 67.1 Å². The Balaban J connectivity index is 1.47. The molecular formula is C24H25N5O. The Morgan fingerprint density at radius 3 is 2.60 bits per heavy atom. The number of rotatable bonds is 3. The van der Waals surface area contributed by atoms with Gasteiger partial charge in [-0.25, -0.2) is 4.98 Å². The van der Waals surface area contributed by atoms with Gasteiger partial charge in [0.2, 0.25) is 0 Å². The molecule has 0 N–H and O–H groups in total. The molecule has 0 saturated carbocycles. The van der Waals surface area contributed by atoms with E-state index in [0.717, 1.165) is 48.8 Å². The lowest BCUT2D eigenvalue weighted by atomic mass is 10.1. The maximum absolute atomic E-state index is 13.0. The molecule has 152 valence electrons. The minimum Gasteiger partial charge on any atom is -0.351 e. The van der Waals surface area contributed by atoms with Crippen molar-refractivity contribution < 1.29 is 4.79 Å². The third-order valence-electron chi connectivity index (χ3n) is 5.95. The van der Waals surface area contributed by atoms with E-state index in [4.69, 9.17) is 0 Å². The Hall–Kier alpha value is -3.38. The van der Waals surface area contributed by atoms with Crippen LogP contribution >= 0.6 is 0 Å². The van der Waals surface area contributed by atoms with E-state index in [1.807, 2.05) is 47.0 Å². The molecule has 0 atom stereocenters. The van der Waals surface area contributed by atoms with E-state index in [9.17, 15) is 4.79 Å². The molecule has 0 spiro atoms. The highest BCUT2D eigenvalue weighted by atomic mass is 16.2. The molecule has 5 rings (SSSR count). The van der Waals surface area contributed by atoms with Crippen molar-refractivity contribution in [2.24, 2.45) is 7.05 Å². The van der Waals surface area contributed by atoms with Gasteiger partial charge in [-0.1, -0.05) is 6.07 Å². The van der Waals surface area contributed by atoms with Gasteiger partial charge < -0.3 is 14.4 Å². The van der Waals surface area contributed by atoms with E-state index in [1.165, 1.54) is 10.9 Å². The molecule has 30 heavy (non-hydrogen) atoms. The van der Waals surface area contributed by atoms with Gasteiger partial charge in [-0.05, 0) is 49.5 Å². The summed E-state index contributed by atoms with van der Waals surface area (Å²) < 4.78 is 4.16. The van der Waals surface area contributed by atoms with E-state index in [2.05, 4.69) is 52.0 Å². The largest absolute Gasteiger partial charge is 0.351 e. The van der Waals surface area contributed by atoms with E-state index in [1.54, 1.807) is 6.20 Å². The third-order valence-corrected chi connectivity index (χ3v) is 5.95. The number of hydrogen-bond donors (Lipinski definition) is 0. The first kappa shape index (κ1) is 18.6. The molecular weight excluding hydrogens is 374 g/mol. The zero-order chi connectivity index (χ0) is 20.7. The fourth-order valence-electron chi connectivity index (χ4n) is 4.13. The van der Waals surface area contributed by atoms with Gasteiger partial charge in [0.25, 0.3) is 5.91 Å². The van der Waals surface area contributed by atoms with Crippen molar-refractivity contribution in [3.8, 4) is 17.1 Å². The Labute approximate surface area is 176 Å². The Morgan fingerprint density at radius 2 is 1.77 bits per heavy atom. The molecule has 1 saturated heterocycles. The number of piperazine rings is 1. The number of likely N-dealkylation sites (N-methyl/N-ethyl adjacent to an activating group) is 1. The zero-order valence-electron chi connectivity index (χ0n) is 17.3. The number of aryl methyl sites for hydroxylation is 1. The van der Waals surface area contributed by atoms with E-state index in [0.29, 0.717) is 0 Å². The smallest absolute Gasteiger partial charge is 0.254 e. The Bertz CT molecular complexity index is 1210. The summed E-state index contributed by atoms with van der Waals surface area (Å²) in [5.74, 6) is 0.960. The second kappa shape index (κ2) is 7.46. The standard InChI is InChI=1S/C24H25N5O/c1-26-12-14-28(15-13-26)24(30)20-4-3-5-21(17-20)29-11-9-25-23(29)19-6-7-22-18(16-19)8-10-27(22)2/h3-11,16-17H,12-15H2,1-2H3. The van der Waals surface area contributed by atoms with Crippen LogP contribution in [0.25, 0.3) is 28.0 Å². The second-order valence-electron chi connectivity index (χ2n) is 7.97. The highest BCUT2D eigenvalue weighted by Crippen LogP contribution is 2.26. The lowest BCUT2D eigenvalue weighted by molar-refractivity contribution is 0.0664. The number of nitrogens with zero attached hydrogens (tertiary/aromatic N) is 5. The molecule has 3 heterocycles. The van der Waals surface area contributed by atoms with Crippen molar-refractivity contribution in [1.82, 2.24) is 23.9 Å². The first-order valence-corrected chi connectivity index (χ1v) is 10.3. The highest BCUT2D eigenvalue weighted by Gasteiger charge is 2.21. The second-order valence-corrected chi connectivity index (χ2v) is 7.97. The number of carbonyl (C=O) groups is 1. The first-order valence-electron chi connectivity index (χ1n) is 10.3. The monoisotopic (exact) mass is 399 g/mol. The van der Waals surface area contributed by atoms with Crippen molar-refractivity contribution in [2.45, 2.75) is 0 Å². The highest BCUT2D eigenvalue weighted by molar-refractivity contribution is 5.95. The summed E-state index contributed by atoms with van der Waals surface area (Å²) in [4.78, 5) is 21.8. The average Bonchev–Trinajstić information content (AvgIpc) is 3.41. The van der Waals surface area contributed by atoms with Crippen LogP contribution in [-0.4, -0.2) is 63.1 Å². The topological polar surface area (TPSA) is 46.3 Å². The fourth-order valence-corrected chi connectivity index (χ4v) is 4.13. The molecule has 0 unspecified atom stereocenters. The van der Waals surface area contributed by atoms with Gasteiger partial charge in [-0.15, -0.1) is 0 Å². The normalized spacial score (nSPS) is 15.1. The number of hydrogen-bond acceptors (Lipinski definition) is 3. The summed E-state index contributed by atoms with van der Waals surface area (Å²) in [5.41, 5.74) is 3.90. The number of benzene rings is 2. The molecule has 1 aliphatic heterocycles. The summed E-state index contributed by atoms with van der Waals surface area (Å²) in [6.45, 7) is 3.37. The molecule has 4 aromatic rings. The van der Waals surface area contributed by atoms with Crippen molar-refractivity contribution in [3.63, 3.8) is 0 Å². The maximum Gasteiger partial charge on any atom is 0.254 e. The van der Waals surface area contributed by atoms with Gasteiger partial charge in [0.1, 0.15) is 5.82 Å². The van der Waals surface area contributed by atoms with Gasteiger partial charge in [-0.3, -0.25) is 9.36 Å². The molecule has 0 aliphatic carbocycles. The van der Waals surface area contributed by atoms with E-state index >= 15 is 0 Å². The van der Waals surface area contributed by atoms with Crippen LogP contribution < -0.4 is 0 Å². The minimum absolute atomic E-state index is 0.0947. The van der Waals surface area contributed by atoms with Gasteiger partial charge in [0.15, 0.2) is 0 Å². The number of fused-ring (bicyclic) bond motifs is 1. The molecule has 1 fully saturated rings. The first-order chi connectivity index (χ1) is 14.6. The van der Waals surface area contributed by atoms with Crippen molar-refractivity contribution in [3.05, 3.63) is 72.7 Å². The molecule has 1 aliphatic rings. The number of carbonyl (C=O) groups excluding carboxylic acids is 1. The van der Waals surface area contributed by atoms with Crippen LogP contribution in [-0.2, 0) is 7.05 Å². The van der Waals surface area contributed by atoms with E-state index < -0.39 is 0 Å². The van der Waals surface area contributed by atoms with Crippen molar-refractivity contribution in [2.75, 3.05) is 33.2 Å². The Kier molecular flexibility index (Phi) is 4.64. The zero-order valence-corrected chi connectivity index (χ0v) is 17.3. The number of amides is 1. The quantitative estimate of drug-likeness (QED) is 0.530. The van der Waals surface area contributed by atoms with Gasteiger partial charge in [0.05, 0.1) is 0 Å². The molecule has 2 aromatic carbocycles. The SMILES string of the molecule is CN1CCN(C(=O)c2cccc(-n3ccnc3-c3ccc4c(ccn4C)c3)c2)CC1. The molecule has 0 bridgehead atoms. The van der Waals surface area contributed by atoms with Crippen molar-refractivity contribution in [1.29, 1.82) is 0 Å². The molecule has 2 aromatic heterocycles. The van der Waals surface area contributed by atoms with Crippen LogP contribution in [0.2, 0.25) is 0 Å². The van der Waals surface area contributed by atoms with Gasteiger partial charge in [0, 0.05) is 79.5 Å². The third kappa shape index (κ3) is 3.29. The Morgan fingerprint density at radius 1 is 0.933 bits per heavy atom. The van der Waals surface area contributed by atoms with Crippen LogP contribution in [0, 0.1) is 0 Å². The lowest BCUT2D eigenvalue weighted by Gasteiger charge is -2.32. The summed E-state index contributed by atoms with van der Waals surface area (Å²) in [6.07, 6.45) is 5.82. The lowest BCUT2D eigenvalue weighted by Crippen LogP contribution is -2.47. The van der Waals surface area contributed by atoms with Gasteiger partial charge >= 0.3 is 0 Å². The van der Waals surface area contributed by atoms with E-state index in [-0.39, 0.29) is 5.91 Å². The van der Waals surface area contributed by atoms with Gasteiger partial charge in [-0.2, -0.15) is 0 Å². The summed E-state index contributed by atoms with van der Waals surface area (Å²) in [5, 5.41) is 1.18. The summed E-state index contributed by atoms with van der Waals surface area (Å²) >= 11 is 0. The molecule has 6 heteroatoms. The van der Waals surface area contributed by atoms with Crippen LogP contribution in [0.1, 0.15) is 10.4 Å².